The summed E-state index contributed by atoms with van der Waals surface area (Å²) < 4.78 is 26.6. The lowest BCUT2D eigenvalue weighted by Crippen LogP contribution is -2.04. The van der Waals surface area contributed by atoms with Gasteiger partial charge in [0.1, 0.15) is 11.6 Å². The van der Waals surface area contributed by atoms with E-state index in [2.05, 4.69) is 12.1 Å². The molecule has 3 rings (SSSR count). The largest absolute Gasteiger partial charge is 0.207 e. The van der Waals surface area contributed by atoms with Crippen LogP contribution >= 0.6 is 11.6 Å². The van der Waals surface area contributed by atoms with Gasteiger partial charge in [-0.2, -0.15) is 0 Å². The molecule has 2 aromatic carbocycles. The van der Waals surface area contributed by atoms with E-state index in [1.165, 1.54) is 36.1 Å². The lowest BCUT2D eigenvalue weighted by Gasteiger charge is -2.18. The third kappa shape index (κ3) is 2.71. The van der Waals surface area contributed by atoms with Crippen molar-refractivity contribution in [2.24, 2.45) is 0 Å². The van der Waals surface area contributed by atoms with Crippen LogP contribution < -0.4 is 0 Å². The topological polar surface area (TPSA) is 0 Å². The average molecular weight is 293 g/mol. The Balaban J connectivity index is 1.95. The van der Waals surface area contributed by atoms with E-state index in [1.54, 1.807) is 0 Å². The maximum Gasteiger partial charge on any atom is 0.126 e. The van der Waals surface area contributed by atoms with Crippen molar-refractivity contribution in [3.63, 3.8) is 0 Å². The predicted molar refractivity (Wildman–Crippen MR) is 77.1 cm³/mol. The molecule has 0 heterocycles. The number of benzene rings is 2. The van der Waals surface area contributed by atoms with Crippen molar-refractivity contribution < 1.29 is 8.78 Å². The van der Waals surface area contributed by atoms with E-state index >= 15 is 0 Å². The first-order chi connectivity index (χ1) is 9.63. The van der Waals surface area contributed by atoms with Crippen LogP contribution in [0.5, 0.6) is 0 Å². The third-order valence-electron chi connectivity index (χ3n) is 3.84. The Labute approximate surface area is 122 Å². The first-order valence-electron chi connectivity index (χ1n) is 6.85. The van der Waals surface area contributed by atoms with Crippen molar-refractivity contribution in [2.75, 3.05) is 0 Å². The molecule has 1 aliphatic carbocycles. The Bertz CT molecular complexity index is 617. The summed E-state index contributed by atoms with van der Waals surface area (Å²) in [5.74, 6) is -1.19. The molecule has 0 amide bonds. The Hall–Kier alpha value is -1.41. The molecule has 104 valence electrons. The zero-order valence-electron chi connectivity index (χ0n) is 11.0. The Morgan fingerprint density at radius 3 is 2.15 bits per heavy atom. The van der Waals surface area contributed by atoms with Crippen molar-refractivity contribution in [3.8, 4) is 0 Å². The fourth-order valence-electron chi connectivity index (χ4n) is 2.82. The van der Waals surface area contributed by atoms with Crippen LogP contribution in [0.15, 0.2) is 36.4 Å². The summed E-state index contributed by atoms with van der Waals surface area (Å²) in [6.45, 7) is 0. The molecule has 0 nitrogen and oxygen atoms in total. The van der Waals surface area contributed by atoms with Crippen LogP contribution in [0, 0.1) is 11.6 Å². The normalized spacial score (nSPS) is 15.8. The van der Waals surface area contributed by atoms with Gasteiger partial charge in [-0.1, -0.05) is 18.2 Å². The standard InChI is InChI=1S/C17H15ClF2/c18-17(14-8-15(19)10-16(20)9-14)13-6-5-11-3-1-2-4-12(11)7-13/h5-10,17H,1-4H2. The number of hydrogen-bond acceptors (Lipinski definition) is 0. The number of aryl methyl sites for hydroxylation is 2. The zero-order chi connectivity index (χ0) is 14.1. The van der Waals surface area contributed by atoms with E-state index in [4.69, 9.17) is 11.6 Å². The van der Waals surface area contributed by atoms with Gasteiger partial charge in [-0.05, 0) is 60.1 Å². The molecule has 2 aromatic rings. The monoisotopic (exact) mass is 292 g/mol. The molecule has 1 unspecified atom stereocenters. The van der Waals surface area contributed by atoms with Gasteiger partial charge in [0.15, 0.2) is 0 Å². The van der Waals surface area contributed by atoms with E-state index in [0.29, 0.717) is 5.56 Å². The van der Waals surface area contributed by atoms with Gasteiger partial charge in [0.05, 0.1) is 5.38 Å². The molecule has 0 fully saturated rings. The van der Waals surface area contributed by atoms with Crippen LogP contribution in [-0.4, -0.2) is 0 Å². The minimum Gasteiger partial charge on any atom is -0.207 e. The molecular formula is C17H15ClF2. The SMILES string of the molecule is Fc1cc(F)cc(C(Cl)c2ccc3c(c2)CCCC3)c1. The molecular weight excluding hydrogens is 278 g/mol. The first kappa shape index (κ1) is 13.6. The van der Waals surface area contributed by atoms with Crippen LogP contribution in [-0.2, 0) is 12.8 Å². The molecule has 1 aliphatic rings. The van der Waals surface area contributed by atoms with Crippen molar-refractivity contribution in [2.45, 2.75) is 31.1 Å². The van der Waals surface area contributed by atoms with Gasteiger partial charge in [0, 0.05) is 6.07 Å². The molecule has 3 heteroatoms. The van der Waals surface area contributed by atoms with Crippen LogP contribution in [0.4, 0.5) is 8.78 Å². The van der Waals surface area contributed by atoms with Crippen LogP contribution in [0.25, 0.3) is 0 Å². The van der Waals surface area contributed by atoms with Crippen LogP contribution in [0.2, 0.25) is 0 Å². The van der Waals surface area contributed by atoms with Gasteiger partial charge < -0.3 is 0 Å². The first-order valence-corrected chi connectivity index (χ1v) is 7.29. The van der Waals surface area contributed by atoms with Gasteiger partial charge in [0.25, 0.3) is 0 Å². The van der Waals surface area contributed by atoms with Crippen molar-refractivity contribution in [1.29, 1.82) is 0 Å². The summed E-state index contributed by atoms with van der Waals surface area (Å²) in [7, 11) is 0. The van der Waals surface area contributed by atoms with Crippen LogP contribution in [0.1, 0.15) is 40.5 Å². The predicted octanol–water partition coefficient (Wildman–Crippen LogP) is 5.17. The number of fused-ring (bicyclic) bond motifs is 1. The quantitative estimate of drug-likeness (QED) is 0.670. The zero-order valence-corrected chi connectivity index (χ0v) is 11.8. The molecule has 0 saturated carbocycles. The number of hydrogen-bond donors (Lipinski definition) is 0. The van der Waals surface area contributed by atoms with Crippen molar-refractivity contribution in [1.82, 2.24) is 0 Å². The highest BCUT2D eigenvalue weighted by Gasteiger charge is 2.16. The number of halogens is 3. The van der Waals surface area contributed by atoms with Gasteiger partial charge in [0.2, 0.25) is 0 Å². The van der Waals surface area contributed by atoms with E-state index < -0.39 is 17.0 Å². The summed E-state index contributed by atoms with van der Waals surface area (Å²) in [6, 6.07) is 9.58. The fraction of sp³-hybridized carbons (Fsp3) is 0.294. The highest BCUT2D eigenvalue weighted by Crippen LogP contribution is 2.32. The van der Waals surface area contributed by atoms with Crippen molar-refractivity contribution >= 4 is 11.6 Å². The van der Waals surface area contributed by atoms with E-state index in [9.17, 15) is 8.78 Å². The Morgan fingerprint density at radius 1 is 0.800 bits per heavy atom. The minimum atomic E-state index is -0.594. The molecule has 0 spiro atoms. The van der Waals surface area contributed by atoms with Crippen molar-refractivity contribution in [3.05, 3.63) is 70.3 Å². The lowest BCUT2D eigenvalue weighted by atomic mass is 9.89. The summed E-state index contributed by atoms with van der Waals surface area (Å²) in [5, 5.41) is -0.521. The maximum absolute atomic E-state index is 13.3. The van der Waals surface area contributed by atoms with E-state index in [-0.39, 0.29) is 0 Å². The Kier molecular flexibility index (Phi) is 3.75. The smallest absolute Gasteiger partial charge is 0.126 e. The van der Waals surface area contributed by atoms with E-state index in [1.807, 2.05) is 6.07 Å². The number of rotatable bonds is 2. The molecule has 0 aliphatic heterocycles. The van der Waals surface area contributed by atoms with E-state index in [0.717, 1.165) is 24.5 Å². The van der Waals surface area contributed by atoms with Gasteiger partial charge in [-0.15, -0.1) is 11.6 Å². The molecule has 0 saturated heterocycles. The lowest BCUT2D eigenvalue weighted by molar-refractivity contribution is 0.580. The van der Waals surface area contributed by atoms with Gasteiger partial charge >= 0.3 is 0 Å². The Morgan fingerprint density at radius 2 is 1.45 bits per heavy atom. The summed E-state index contributed by atoms with van der Waals surface area (Å²) in [5.41, 5.74) is 4.04. The molecule has 0 aromatic heterocycles. The molecule has 20 heavy (non-hydrogen) atoms. The second-order valence-electron chi connectivity index (χ2n) is 5.30. The van der Waals surface area contributed by atoms with Gasteiger partial charge in [-0.25, -0.2) is 8.78 Å². The summed E-state index contributed by atoms with van der Waals surface area (Å²) >= 11 is 6.38. The average Bonchev–Trinajstić information content (AvgIpc) is 2.45. The van der Waals surface area contributed by atoms with Crippen LogP contribution in [0.3, 0.4) is 0 Å². The second-order valence-corrected chi connectivity index (χ2v) is 5.74. The van der Waals surface area contributed by atoms with Gasteiger partial charge in [-0.3, -0.25) is 0 Å². The molecule has 1 atom stereocenters. The summed E-state index contributed by atoms with van der Waals surface area (Å²) in [6.07, 6.45) is 4.59. The fourth-order valence-corrected chi connectivity index (χ4v) is 3.09. The molecule has 0 bridgehead atoms. The molecule has 0 radical (unpaired) electrons. The molecule has 0 N–H and O–H groups in total. The summed E-state index contributed by atoms with van der Waals surface area (Å²) in [4.78, 5) is 0. The third-order valence-corrected chi connectivity index (χ3v) is 4.35. The highest BCUT2D eigenvalue weighted by molar-refractivity contribution is 6.22. The number of alkyl halides is 1. The second kappa shape index (κ2) is 5.53. The minimum absolute atomic E-state index is 0.458. The maximum atomic E-state index is 13.3. The highest BCUT2D eigenvalue weighted by atomic mass is 35.5.